The van der Waals surface area contributed by atoms with E-state index in [9.17, 15) is 14.4 Å². The van der Waals surface area contributed by atoms with E-state index in [-0.39, 0.29) is 82.7 Å². The van der Waals surface area contributed by atoms with E-state index in [1.807, 2.05) is 9.34 Å². The van der Waals surface area contributed by atoms with Gasteiger partial charge in [-0.25, -0.2) is 14.0 Å². The number of β-lactam (4-membered cyclic amide) rings is 1. The monoisotopic (exact) mass is 1600 g/mol. The lowest BCUT2D eigenvalue weighted by Crippen LogP contribution is -2.41. The van der Waals surface area contributed by atoms with Gasteiger partial charge in [-0.05, 0) is 160 Å². The number of amides is 3. The third kappa shape index (κ3) is 19.3. The summed E-state index contributed by atoms with van der Waals surface area (Å²) in [5, 5.41) is 6.43. The summed E-state index contributed by atoms with van der Waals surface area (Å²) in [7, 11) is -4.92. The minimum Gasteiger partial charge on any atom is -0.403 e. The largest absolute Gasteiger partial charge is 0.403 e. The molecule has 6 aromatic carbocycles. The Hall–Kier alpha value is -6.57. The van der Waals surface area contributed by atoms with Gasteiger partial charge >= 0.3 is 24.5 Å². The van der Waals surface area contributed by atoms with Crippen LogP contribution < -0.4 is 14.0 Å². The van der Waals surface area contributed by atoms with Crippen LogP contribution in [0.4, 0.5) is 0 Å². The van der Waals surface area contributed by atoms with E-state index >= 15 is 0 Å². The number of hydrogen-bond donors (Lipinski definition) is 0. The molecule has 618 valence electrons. The van der Waals surface area contributed by atoms with Crippen LogP contribution in [0, 0.1) is 0 Å². The van der Waals surface area contributed by atoms with E-state index in [2.05, 4.69) is 322 Å². The Morgan fingerprint density at radius 2 is 0.381 bits per heavy atom. The molecule has 0 radical (unpaired) electrons. The molecule has 0 saturated carbocycles. The van der Waals surface area contributed by atoms with Crippen LogP contribution in [-0.4, -0.2) is 37.4 Å². The van der Waals surface area contributed by atoms with E-state index in [0.717, 1.165) is 131 Å². The maximum atomic E-state index is 13.4. The van der Waals surface area contributed by atoms with Crippen molar-refractivity contribution in [3.63, 3.8) is 0 Å². The Labute approximate surface area is 682 Å². The zero-order valence-electron chi connectivity index (χ0n) is 76.6. The molecule has 3 aliphatic rings. The molecule has 113 heavy (non-hydrogen) atoms. The van der Waals surface area contributed by atoms with Crippen molar-refractivity contribution in [3.8, 4) is 0 Å². The van der Waals surface area contributed by atoms with E-state index in [1.54, 1.807) is 4.67 Å². The summed E-state index contributed by atoms with van der Waals surface area (Å²) in [5.41, 5.74) is 18.6. The Bertz CT molecular complexity index is 5000. The molecule has 3 saturated heterocycles. The zero-order chi connectivity index (χ0) is 84.6. The van der Waals surface area contributed by atoms with Gasteiger partial charge in [-0.3, -0.25) is 14.4 Å². The van der Waals surface area contributed by atoms with Crippen molar-refractivity contribution in [1.82, 2.24) is 0 Å². The van der Waals surface area contributed by atoms with Crippen LogP contribution in [0.5, 0.6) is 0 Å². The lowest BCUT2D eigenvalue weighted by atomic mass is 9.77. The second-order valence-electron chi connectivity index (χ2n) is 45.2. The predicted molar refractivity (Wildman–Crippen MR) is 485 cm³/mol. The summed E-state index contributed by atoms with van der Waals surface area (Å²) < 4.78 is 46.9. The summed E-state index contributed by atoms with van der Waals surface area (Å²) in [4.78, 5) is 39.1. The van der Waals surface area contributed by atoms with Crippen LogP contribution in [0.25, 0.3) is 65.8 Å². The number of fused-ring (bicyclic) bond motifs is 9. The molecule has 0 atom stereocenters. The van der Waals surface area contributed by atoms with Gasteiger partial charge in [-0.15, -0.1) is 0 Å². The topological polar surface area (TPSA) is 140 Å². The molecule has 0 aliphatic carbocycles. The number of carbonyl (C=O) groups excluding carboxylic acids is 3. The fourth-order valence-corrected chi connectivity index (χ4v) is 19.4. The third-order valence-corrected chi connectivity index (χ3v) is 27.2. The van der Waals surface area contributed by atoms with Gasteiger partial charge in [0, 0.05) is 105 Å². The van der Waals surface area contributed by atoms with E-state index in [1.165, 1.54) is 33.4 Å². The molecular weight excluding hydrogens is 1460 g/mol. The summed E-state index contributed by atoms with van der Waals surface area (Å²) >= 11 is 0. The second kappa shape index (κ2) is 30.7. The van der Waals surface area contributed by atoms with Gasteiger partial charge < -0.3 is 25.2 Å². The first-order valence-electron chi connectivity index (χ1n) is 41.9. The van der Waals surface area contributed by atoms with Crippen molar-refractivity contribution in [2.24, 2.45) is 0 Å². The highest BCUT2D eigenvalue weighted by atomic mass is 31.1. The molecule has 0 unspecified atom stereocenters. The zero-order valence-corrected chi connectivity index (χ0v) is 79.2. The molecule has 0 bridgehead atoms. The van der Waals surface area contributed by atoms with Gasteiger partial charge in [0.25, 0.3) is 0 Å². The number of rotatable bonds is 3. The van der Waals surface area contributed by atoms with Crippen LogP contribution in [0.1, 0.15) is 367 Å². The van der Waals surface area contributed by atoms with Crippen LogP contribution in [0.2, 0.25) is 0 Å². The fourth-order valence-electron chi connectivity index (χ4n) is 14.9. The summed E-state index contributed by atoms with van der Waals surface area (Å²) in [6.45, 7) is 83.1. The average Bonchev–Trinajstić information content (AvgIpc) is 1.67. The second-order valence-corrected chi connectivity index (χ2v) is 49.2. The highest BCUT2D eigenvalue weighted by molar-refractivity contribution is 7.41. The van der Waals surface area contributed by atoms with Crippen molar-refractivity contribution in [2.75, 3.05) is 33.6 Å². The Morgan fingerprint density at radius 1 is 0.212 bits per heavy atom. The van der Waals surface area contributed by atoms with Crippen molar-refractivity contribution in [1.29, 1.82) is 0 Å². The molecular formula is C98H142N3O9P3. The first kappa shape index (κ1) is 88.8. The Kier molecular flexibility index (Phi) is 24.1. The average molecular weight is 1600 g/mol. The maximum Gasteiger partial charge on any atom is 0.344 e. The molecule has 6 heterocycles. The lowest BCUT2D eigenvalue weighted by molar-refractivity contribution is -0.121. The highest BCUT2D eigenvalue weighted by Crippen LogP contribution is 2.52. The number of hydrogen-bond acceptors (Lipinski definition) is 9. The van der Waals surface area contributed by atoms with Gasteiger partial charge in [0.1, 0.15) is 33.5 Å². The first-order valence-corrected chi connectivity index (χ1v) is 45.3. The number of piperidine rings is 1. The third-order valence-electron chi connectivity index (χ3n) is 22.7. The van der Waals surface area contributed by atoms with Crippen molar-refractivity contribution in [2.45, 2.75) is 366 Å². The van der Waals surface area contributed by atoms with Crippen molar-refractivity contribution in [3.05, 3.63) is 140 Å². The minimum atomic E-state index is -1.66. The molecule has 3 fully saturated rings. The van der Waals surface area contributed by atoms with Crippen molar-refractivity contribution < 1.29 is 39.6 Å². The van der Waals surface area contributed by atoms with Crippen molar-refractivity contribution >= 4 is 108 Å². The van der Waals surface area contributed by atoms with E-state index < -0.39 is 24.5 Å². The number of carbonyl (C=O) groups is 3. The Balaban J connectivity index is 0.000000180. The quantitative estimate of drug-likeness (QED) is 0.158. The van der Waals surface area contributed by atoms with Gasteiger partial charge in [0.05, 0.1) is 0 Å². The van der Waals surface area contributed by atoms with Crippen LogP contribution in [-0.2, 0) is 79.4 Å². The number of benzene rings is 6. The molecule has 9 aromatic rings. The van der Waals surface area contributed by atoms with Crippen LogP contribution >= 0.6 is 24.5 Å². The standard InChI is InChI=1S/C34H50NO3P.C33H48NO3P.C31H44NO3P/c1-31(2,3)22-18-24-25-19-23(32(4,5)6)21-27(34(10,11)12)30(25)38-39(35-17-15-13-14-16-28(35)36)37-29(24)26(20-22)33(7,8)9;1-30(2,3)21-17-23-24-18-22(31(4,5)6)20-26(33(10,11)12)29(24)37-38(34-16-14-13-15-27(34)35)36-28(23)25(19-21)32(7,8)9;1-28(2,3)19-15-21-22-16-20(29(4,5)6)18-24(31(10,11)12)27(22)35-36(32-14-13-25(32)33)34-26(21)23(17-19)30(7,8)9/h18-21H,13-17H2,1-12H3;17-20H,13-16H2,1-12H3;15-18H,13-14H2,1-12H3. The Morgan fingerprint density at radius 3 is 0.540 bits per heavy atom. The lowest BCUT2D eigenvalue weighted by Gasteiger charge is -2.27. The smallest absolute Gasteiger partial charge is 0.344 e. The summed E-state index contributed by atoms with van der Waals surface area (Å²) in [6, 6.07) is 27.7. The number of nitrogens with zero attached hydrogens (tertiary/aromatic N) is 3. The van der Waals surface area contributed by atoms with Crippen LogP contribution in [0.15, 0.2) is 98.0 Å². The summed E-state index contributed by atoms with van der Waals surface area (Å²) in [5.74, 6) is 0.355. The van der Waals surface area contributed by atoms with Gasteiger partial charge in [0.15, 0.2) is 0 Å². The molecule has 15 heteroatoms. The highest BCUT2D eigenvalue weighted by Gasteiger charge is 2.38. The molecule has 12 nitrogen and oxygen atoms in total. The molecule has 3 aliphatic heterocycles. The predicted octanol–water partition coefficient (Wildman–Crippen LogP) is 30.0. The molecule has 0 spiro atoms. The SMILES string of the molecule is CC(C)(C)c1cc(C(C)(C)C)c2op(N3CCC3=O)oc3c(C(C)(C)C)cc(C(C)(C)C)cc3c2c1.CC(C)(C)c1cc(C(C)(C)C)c2op(N3CCCCC3=O)oc3c(C(C)(C)C)cc(C(C)(C)C)cc3c2c1.CC(C)(C)c1cc(C(C)(C)C)c2op(N3CCCCCC3=O)oc3c(C(C)(C)C)cc(C(C)(C)C)cc3c2c1. The van der Waals surface area contributed by atoms with Gasteiger partial charge in [-0.2, -0.15) is 0 Å². The summed E-state index contributed by atoms with van der Waals surface area (Å²) in [6.07, 6.45) is 6.51. The fraction of sp³-hybridized carbons (Fsp3) is 0.602. The molecule has 3 amide bonds. The first-order chi connectivity index (χ1) is 51.3. The van der Waals surface area contributed by atoms with E-state index in [0.29, 0.717) is 38.9 Å². The molecule has 3 aromatic heterocycles. The minimum absolute atomic E-state index is 0.0327. The van der Waals surface area contributed by atoms with Gasteiger partial charge in [-0.1, -0.05) is 292 Å². The van der Waals surface area contributed by atoms with E-state index in [4.69, 9.17) is 25.2 Å². The maximum absolute atomic E-state index is 13.4. The molecule has 0 N–H and O–H groups in total. The molecule has 12 rings (SSSR count). The normalized spacial score (nSPS) is 15.9. The van der Waals surface area contributed by atoms with Crippen LogP contribution in [0.3, 0.4) is 0 Å². The van der Waals surface area contributed by atoms with Gasteiger partial charge in [0.2, 0.25) is 17.7 Å².